The molecular formula is C20H19N3O3S. The molecule has 27 heavy (non-hydrogen) atoms. The summed E-state index contributed by atoms with van der Waals surface area (Å²) in [5.41, 5.74) is 1.60. The van der Waals surface area contributed by atoms with Crippen molar-refractivity contribution in [3.63, 3.8) is 0 Å². The highest BCUT2D eigenvalue weighted by Crippen LogP contribution is 2.26. The molecule has 0 spiro atoms. The molecule has 2 saturated heterocycles. The van der Waals surface area contributed by atoms with Gasteiger partial charge in [-0.1, -0.05) is 12.1 Å². The Bertz CT molecular complexity index is 957. The van der Waals surface area contributed by atoms with Gasteiger partial charge in [0, 0.05) is 19.2 Å². The van der Waals surface area contributed by atoms with Crippen molar-refractivity contribution in [2.24, 2.45) is 0 Å². The lowest BCUT2D eigenvalue weighted by molar-refractivity contribution is -0.122. The molecule has 1 N–H and O–H groups in total. The highest BCUT2D eigenvalue weighted by Gasteiger charge is 2.34. The predicted octanol–water partition coefficient (Wildman–Crippen LogP) is 3.02. The molecule has 2 aromatic rings. The fourth-order valence-electron chi connectivity index (χ4n) is 3.33. The minimum absolute atomic E-state index is 0.00701. The van der Waals surface area contributed by atoms with E-state index in [1.54, 1.807) is 12.1 Å². The van der Waals surface area contributed by atoms with E-state index in [4.69, 9.17) is 16.6 Å². The van der Waals surface area contributed by atoms with Gasteiger partial charge in [0.15, 0.2) is 11.0 Å². The molecule has 2 fully saturated rings. The number of nitrogens with zero attached hydrogens (tertiary/aromatic N) is 2. The van der Waals surface area contributed by atoms with Crippen molar-refractivity contribution >= 4 is 46.8 Å². The summed E-state index contributed by atoms with van der Waals surface area (Å²) in [6, 6.07) is 11.0. The van der Waals surface area contributed by atoms with Gasteiger partial charge in [-0.3, -0.25) is 19.8 Å². The van der Waals surface area contributed by atoms with Crippen LogP contribution in [0.1, 0.15) is 24.2 Å². The number of aryl methyl sites for hydroxylation is 1. The third-order valence-corrected chi connectivity index (χ3v) is 4.96. The average molecular weight is 381 g/mol. The van der Waals surface area contributed by atoms with Gasteiger partial charge >= 0.3 is 0 Å². The Hall–Kier alpha value is -2.93. The Labute approximate surface area is 162 Å². The minimum Gasteiger partial charge on any atom is -0.441 e. The van der Waals surface area contributed by atoms with Crippen molar-refractivity contribution in [1.29, 1.82) is 0 Å². The molecule has 6 nitrogen and oxygen atoms in total. The standard InChI is InChI=1S/C20H19N3O3S/c1-13-5-4-6-14(11-13)23-19(25)16(18(24)21-20(23)27)12-15-7-8-17(26-15)22-9-2-3-10-22/h4-8,11-12H,2-3,9-10H2,1H3,(H,21,24,27)/b16-12-. The van der Waals surface area contributed by atoms with Gasteiger partial charge in [-0.2, -0.15) is 0 Å². The van der Waals surface area contributed by atoms with Gasteiger partial charge in [0.2, 0.25) is 0 Å². The number of rotatable bonds is 3. The molecule has 0 bridgehead atoms. The second kappa shape index (κ2) is 7.00. The third-order valence-electron chi connectivity index (χ3n) is 4.68. The summed E-state index contributed by atoms with van der Waals surface area (Å²) in [6.07, 6.45) is 3.75. The molecule has 4 rings (SSSR count). The molecule has 0 unspecified atom stereocenters. The van der Waals surface area contributed by atoms with Crippen molar-refractivity contribution in [3.05, 3.63) is 53.3 Å². The van der Waals surface area contributed by atoms with Crippen LogP contribution in [-0.2, 0) is 9.59 Å². The van der Waals surface area contributed by atoms with Crippen molar-refractivity contribution in [1.82, 2.24) is 5.32 Å². The smallest absolute Gasteiger partial charge is 0.270 e. The van der Waals surface area contributed by atoms with E-state index in [2.05, 4.69) is 10.2 Å². The van der Waals surface area contributed by atoms with E-state index in [9.17, 15) is 9.59 Å². The molecule has 138 valence electrons. The van der Waals surface area contributed by atoms with Crippen molar-refractivity contribution < 1.29 is 14.0 Å². The van der Waals surface area contributed by atoms with Gasteiger partial charge in [-0.25, -0.2) is 0 Å². The predicted molar refractivity (Wildman–Crippen MR) is 108 cm³/mol. The first-order valence-corrected chi connectivity index (χ1v) is 9.27. The highest BCUT2D eigenvalue weighted by molar-refractivity contribution is 7.80. The van der Waals surface area contributed by atoms with Crippen LogP contribution in [0.25, 0.3) is 6.08 Å². The monoisotopic (exact) mass is 381 g/mol. The maximum absolute atomic E-state index is 13.0. The summed E-state index contributed by atoms with van der Waals surface area (Å²) in [4.78, 5) is 28.8. The summed E-state index contributed by atoms with van der Waals surface area (Å²) in [5.74, 6) is 0.239. The molecule has 7 heteroatoms. The maximum atomic E-state index is 13.0. The summed E-state index contributed by atoms with van der Waals surface area (Å²) in [6.45, 7) is 3.84. The van der Waals surface area contributed by atoms with E-state index < -0.39 is 11.8 Å². The normalized spacial score (nSPS) is 19.1. The van der Waals surface area contributed by atoms with Crippen LogP contribution < -0.4 is 15.1 Å². The first-order chi connectivity index (χ1) is 13.0. The lowest BCUT2D eigenvalue weighted by Gasteiger charge is -2.29. The quantitative estimate of drug-likeness (QED) is 0.503. The third kappa shape index (κ3) is 3.38. The van der Waals surface area contributed by atoms with Gasteiger partial charge in [0.05, 0.1) is 5.69 Å². The Kier molecular flexibility index (Phi) is 4.53. The maximum Gasteiger partial charge on any atom is 0.270 e. The number of hydrogen-bond donors (Lipinski definition) is 1. The van der Waals surface area contributed by atoms with Crippen LogP contribution in [0.2, 0.25) is 0 Å². The van der Waals surface area contributed by atoms with Crippen LogP contribution in [-0.4, -0.2) is 30.0 Å². The SMILES string of the molecule is Cc1cccc(N2C(=O)/C(=C\c3ccc(N4CCCC4)o3)C(=O)NC2=S)c1. The van der Waals surface area contributed by atoms with Gasteiger partial charge in [-0.15, -0.1) is 0 Å². The van der Waals surface area contributed by atoms with Crippen molar-refractivity contribution in [2.75, 3.05) is 22.9 Å². The molecule has 1 aromatic carbocycles. The molecule has 1 aromatic heterocycles. The van der Waals surface area contributed by atoms with E-state index in [1.807, 2.05) is 31.2 Å². The van der Waals surface area contributed by atoms with Crippen LogP contribution >= 0.6 is 12.2 Å². The number of benzene rings is 1. The molecule has 0 aliphatic carbocycles. The number of furan rings is 1. The zero-order chi connectivity index (χ0) is 19.0. The van der Waals surface area contributed by atoms with Crippen LogP contribution in [0.15, 0.2) is 46.4 Å². The van der Waals surface area contributed by atoms with Crippen LogP contribution in [0.3, 0.4) is 0 Å². The lowest BCUT2D eigenvalue weighted by atomic mass is 10.1. The number of carbonyl (C=O) groups excluding carboxylic acids is 2. The van der Waals surface area contributed by atoms with Crippen molar-refractivity contribution in [2.45, 2.75) is 19.8 Å². The highest BCUT2D eigenvalue weighted by atomic mass is 32.1. The van der Waals surface area contributed by atoms with Crippen LogP contribution in [0, 0.1) is 6.92 Å². The van der Waals surface area contributed by atoms with E-state index in [-0.39, 0.29) is 10.7 Å². The van der Waals surface area contributed by atoms with Crippen molar-refractivity contribution in [3.8, 4) is 0 Å². The molecule has 2 aliphatic rings. The Morgan fingerprint density at radius 1 is 1.15 bits per heavy atom. The fraction of sp³-hybridized carbons (Fsp3) is 0.250. The van der Waals surface area contributed by atoms with E-state index >= 15 is 0 Å². The molecule has 2 aliphatic heterocycles. The van der Waals surface area contributed by atoms with E-state index in [0.717, 1.165) is 37.4 Å². The second-order valence-electron chi connectivity index (χ2n) is 6.67. The average Bonchev–Trinajstić information content (AvgIpc) is 3.30. The first-order valence-electron chi connectivity index (χ1n) is 8.86. The van der Waals surface area contributed by atoms with E-state index in [1.165, 1.54) is 11.0 Å². The Morgan fingerprint density at radius 2 is 1.93 bits per heavy atom. The fourth-order valence-corrected chi connectivity index (χ4v) is 3.61. The minimum atomic E-state index is -0.520. The summed E-state index contributed by atoms with van der Waals surface area (Å²) in [5, 5.41) is 2.66. The van der Waals surface area contributed by atoms with Gasteiger partial charge in [0.25, 0.3) is 11.8 Å². The van der Waals surface area contributed by atoms with Crippen LogP contribution in [0.4, 0.5) is 11.6 Å². The zero-order valence-corrected chi connectivity index (χ0v) is 15.7. The number of amides is 2. The lowest BCUT2D eigenvalue weighted by Crippen LogP contribution is -2.54. The molecular weight excluding hydrogens is 362 g/mol. The first kappa shape index (κ1) is 17.5. The molecule has 3 heterocycles. The van der Waals surface area contributed by atoms with Crippen LogP contribution in [0.5, 0.6) is 0 Å². The van der Waals surface area contributed by atoms with Gasteiger partial charge in [0.1, 0.15) is 11.3 Å². The molecule has 0 saturated carbocycles. The van der Waals surface area contributed by atoms with Gasteiger partial charge in [-0.05, 0) is 61.8 Å². The number of hydrogen-bond acceptors (Lipinski definition) is 5. The number of thiocarbonyl (C=S) groups is 1. The van der Waals surface area contributed by atoms with E-state index in [0.29, 0.717) is 11.4 Å². The Balaban J connectivity index is 1.65. The largest absolute Gasteiger partial charge is 0.441 e. The summed E-state index contributed by atoms with van der Waals surface area (Å²) >= 11 is 5.22. The number of anilines is 2. The summed E-state index contributed by atoms with van der Waals surface area (Å²) < 4.78 is 5.82. The zero-order valence-electron chi connectivity index (χ0n) is 14.9. The molecule has 2 amide bonds. The van der Waals surface area contributed by atoms with Gasteiger partial charge < -0.3 is 9.32 Å². The number of carbonyl (C=O) groups is 2. The summed E-state index contributed by atoms with van der Waals surface area (Å²) in [7, 11) is 0. The topological polar surface area (TPSA) is 65.8 Å². The number of nitrogens with one attached hydrogen (secondary N) is 1. The second-order valence-corrected chi connectivity index (χ2v) is 7.05. The molecule has 0 atom stereocenters. The Morgan fingerprint density at radius 3 is 2.67 bits per heavy atom. The molecule has 0 radical (unpaired) electrons.